The first-order valence-corrected chi connectivity index (χ1v) is 52.2. The largest absolute Gasteiger partial charge is 0.336 e. The van der Waals surface area contributed by atoms with E-state index in [1.807, 2.05) is 45.8 Å². The molecule has 119 heavy (non-hydrogen) atoms. The lowest BCUT2D eigenvalue weighted by Crippen LogP contribution is -2.50. The average Bonchev–Trinajstić information content (AvgIpc) is 1.48. The number of thiophene rings is 5. The monoisotopic (exact) mass is 2040 g/mol. The minimum absolute atomic E-state index is 0.0361. The Balaban J connectivity index is 0.000000146. The van der Waals surface area contributed by atoms with E-state index in [1.165, 1.54) is 108 Å². The van der Waals surface area contributed by atoms with Crippen LogP contribution in [0.15, 0.2) is 188 Å². The number of hydrogen-bond donors (Lipinski definition) is 2. The highest BCUT2D eigenvalue weighted by Gasteiger charge is 2.44. The zero-order valence-electron chi connectivity index (χ0n) is 62.3. The molecule has 5 aromatic carbocycles. The van der Waals surface area contributed by atoms with E-state index in [2.05, 4.69) is 42.5 Å². The van der Waals surface area contributed by atoms with Gasteiger partial charge in [-0.1, -0.05) is 88.3 Å². The van der Waals surface area contributed by atoms with Crippen molar-refractivity contribution in [1.29, 1.82) is 0 Å². The summed E-state index contributed by atoms with van der Waals surface area (Å²) < 4.78 is 165. The summed E-state index contributed by atoms with van der Waals surface area (Å²) in [6.07, 6.45) is 0. The van der Waals surface area contributed by atoms with Crippen molar-refractivity contribution in [1.82, 2.24) is 24.5 Å². The van der Waals surface area contributed by atoms with Crippen LogP contribution < -0.4 is 10.6 Å². The van der Waals surface area contributed by atoms with Crippen LogP contribution in [0.2, 0.25) is 25.1 Å². The summed E-state index contributed by atoms with van der Waals surface area (Å²) in [5.74, 6) is -2.96. The summed E-state index contributed by atoms with van der Waals surface area (Å²) in [7, 11) is -16.4. The van der Waals surface area contributed by atoms with E-state index in [9.17, 15) is 79.2 Å². The Labute approximate surface area is 748 Å². The Morgan fingerprint density at radius 3 is 0.983 bits per heavy atom. The van der Waals surface area contributed by atoms with Crippen LogP contribution >= 0.6 is 147 Å². The van der Waals surface area contributed by atoms with Crippen molar-refractivity contribution in [3.8, 4) is 0 Å². The van der Waals surface area contributed by atoms with Crippen molar-refractivity contribution in [2.45, 2.75) is 52.2 Å². The first-order valence-electron chi connectivity index (χ1n) is 35.7. The number of sulfone groups is 5. The second kappa shape index (κ2) is 40.0. The lowest BCUT2D eigenvalue weighted by Gasteiger charge is -2.37. The first-order chi connectivity index (χ1) is 56.2. The molecule has 10 aromatic rings. The van der Waals surface area contributed by atoms with Gasteiger partial charge in [0, 0.05) is 126 Å². The Kier molecular flexibility index (Phi) is 31.3. The van der Waals surface area contributed by atoms with Gasteiger partial charge in [0.15, 0.2) is 49.2 Å². The van der Waals surface area contributed by atoms with E-state index < -0.39 is 111 Å². The fourth-order valence-corrected chi connectivity index (χ4v) is 29.6. The molecular weight excluding hydrogens is 1980 g/mol. The van der Waals surface area contributed by atoms with Gasteiger partial charge in [0.2, 0.25) is 0 Å². The van der Waals surface area contributed by atoms with E-state index >= 15 is 0 Å². The highest BCUT2D eigenvalue weighted by atomic mass is 79.9. The molecule has 634 valence electrons. The Hall–Kier alpha value is -6.50. The van der Waals surface area contributed by atoms with Crippen LogP contribution in [0.4, 0.5) is 34.1 Å². The average molecular weight is 2050 g/mol. The molecule has 15 rings (SSSR count). The number of anilines is 2. The Morgan fingerprint density at radius 1 is 0.361 bits per heavy atom. The molecule has 5 saturated heterocycles. The molecule has 42 heteroatoms. The molecule has 5 aromatic heterocycles. The lowest BCUT2D eigenvalue weighted by molar-refractivity contribution is 0.0688. The molecular formula is C77H71Br2Cl5F3N7O15S10. The number of rotatable bonds is 10. The molecule has 0 bridgehead atoms. The number of carbonyl (C=O) groups is 5. The van der Waals surface area contributed by atoms with Crippen molar-refractivity contribution in [3.63, 3.8) is 0 Å². The predicted octanol–water partition coefficient (Wildman–Crippen LogP) is 18.6. The van der Waals surface area contributed by atoms with Crippen molar-refractivity contribution >= 4 is 237 Å². The minimum atomic E-state index is -3.29. The lowest BCUT2D eigenvalue weighted by atomic mass is 10.1. The van der Waals surface area contributed by atoms with E-state index in [4.69, 9.17) is 58.0 Å². The van der Waals surface area contributed by atoms with Gasteiger partial charge in [0.25, 0.3) is 17.7 Å². The van der Waals surface area contributed by atoms with Crippen LogP contribution in [-0.4, -0.2) is 190 Å². The first kappa shape index (κ1) is 93.2. The molecule has 0 radical (unpaired) electrons. The number of benzene rings is 5. The number of hydrogen-bond acceptors (Lipinski definition) is 20. The molecule has 10 heterocycles. The predicted molar refractivity (Wildman–Crippen MR) is 475 cm³/mol. The van der Waals surface area contributed by atoms with Crippen LogP contribution in [-0.2, 0) is 49.2 Å². The second-order valence-electron chi connectivity index (χ2n) is 27.5. The number of amides is 7. The molecule has 2 N–H and O–H groups in total. The number of nitrogens with zero attached hydrogens (tertiary/aromatic N) is 5. The summed E-state index contributed by atoms with van der Waals surface area (Å²) in [5, 5.41) is 11.5. The van der Waals surface area contributed by atoms with Crippen LogP contribution in [0.25, 0.3) is 0 Å². The minimum Gasteiger partial charge on any atom is -0.336 e. The van der Waals surface area contributed by atoms with Crippen molar-refractivity contribution in [2.75, 3.05) is 91.8 Å². The van der Waals surface area contributed by atoms with Crippen LogP contribution in [0.3, 0.4) is 0 Å². The molecule has 7 atom stereocenters. The van der Waals surface area contributed by atoms with Gasteiger partial charge in [0.05, 0.1) is 53.9 Å². The van der Waals surface area contributed by atoms with Crippen LogP contribution in [0.5, 0.6) is 0 Å². The third-order valence-corrected chi connectivity index (χ3v) is 39.1. The highest BCUT2D eigenvalue weighted by Crippen LogP contribution is 2.40. The van der Waals surface area contributed by atoms with Gasteiger partial charge in [-0.3, -0.25) is 14.4 Å². The maximum Gasteiger partial charge on any atom is 0.321 e. The smallest absolute Gasteiger partial charge is 0.321 e. The molecule has 0 unspecified atom stereocenters. The van der Waals surface area contributed by atoms with Crippen LogP contribution in [0.1, 0.15) is 95.6 Å². The van der Waals surface area contributed by atoms with E-state index in [1.54, 1.807) is 102 Å². The molecule has 0 spiro atoms. The van der Waals surface area contributed by atoms with Gasteiger partial charge in [0.1, 0.15) is 43.7 Å². The summed E-state index contributed by atoms with van der Waals surface area (Å²) >= 11 is 42.6. The van der Waals surface area contributed by atoms with E-state index in [-0.39, 0.29) is 126 Å². The third kappa shape index (κ3) is 23.3. The molecule has 5 fully saturated rings. The fourth-order valence-electron chi connectivity index (χ4n) is 13.2. The summed E-state index contributed by atoms with van der Waals surface area (Å²) in [6, 6.07) is 37.9. The molecule has 22 nitrogen and oxygen atoms in total. The highest BCUT2D eigenvalue weighted by molar-refractivity contribution is 9.11. The third-order valence-electron chi connectivity index (χ3n) is 19.5. The van der Waals surface area contributed by atoms with Crippen molar-refractivity contribution < 1.29 is 79.2 Å². The van der Waals surface area contributed by atoms with Gasteiger partial charge in [-0.25, -0.2) is 64.8 Å². The zero-order valence-corrected chi connectivity index (χ0v) is 77.4. The van der Waals surface area contributed by atoms with Gasteiger partial charge < -0.3 is 35.1 Å². The number of nitrogens with one attached hydrogen (secondary N) is 2. The second-order valence-corrected chi connectivity index (χ2v) is 47.5. The van der Waals surface area contributed by atoms with E-state index in [0.29, 0.717) is 46.4 Å². The number of urea groups is 2. The standard InChI is InChI=1S/2C16H15BrClNO3S2.2C15H14ClFN2O3S2.C15H13ClFNO3S2/c2*1-10-9-24(21,22)15(14-3-2-6-23-14)8-19(10)16(20)11-4-5-12(17)13(18)7-11;2*16-11-8-10(3-4-12(11)17)18-15(20)19-5-7-24(21,22)14(9-19)13-2-1-6-23-13;16-11-4-3-10(8-12(11)17)15(19)18-5-7-23(20,21)14(9-18)13-2-1-6-22-13/h2*2-7,10,15H,8-9H2,1H3;2*1-4,6,8,14H,5,7,9H2,(H,18,20);1-4,6,8,14H,5,7,9H2/t10-,15+;10-,15-;3*14-/m01101/s1. The normalized spacial score (nSPS) is 21.3. The molecule has 0 aliphatic carbocycles. The summed E-state index contributed by atoms with van der Waals surface area (Å²) in [4.78, 5) is 74.3. The maximum absolute atomic E-state index is 13.5. The molecule has 5 aliphatic rings. The Bertz CT molecular complexity index is 5670. The van der Waals surface area contributed by atoms with E-state index in [0.717, 1.165) is 37.7 Å². The zero-order chi connectivity index (χ0) is 86.2. The maximum atomic E-state index is 13.5. The topological polar surface area (TPSA) is 296 Å². The SMILES string of the molecule is C[C@@H]1CS(=O)(=O)[C@@H](c2cccs2)CN1C(=O)c1ccc(Br)c(Cl)c1.C[C@H]1CS(=O)(=O)[C@@H](c2cccs2)CN1C(=O)c1ccc(Br)c(Cl)c1.O=C(Nc1ccc(F)c(Cl)c1)N1CCS(=O)(=O)[C@@H](c2cccs2)C1.O=C(Nc1ccc(F)c(Cl)c1)N1CCS(=O)(=O)[C@H](c2cccs2)C1.O=C(c1ccc(Cl)c(F)c1)N1CCS(=O)(=O)[C@@H](c2cccs2)C1. The van der Waals surface area contributed by atoms with Crippen LogP contribution in [0, 0.1) is 17.5 Å². The van der Waals surface area contributed by atoms with Gasteiger partial charge >= 0.3 is 12.1 Å². The van der Waals surface area contributed by atoms with Gasteiger partial charge in [-0.15, -0.1) is 56.7 Å². The summed E-state index contributed by atoms with van der Waals surface area (Å²) in [5.41, 5.74) is 1.79. The number of carbonyl (C=O) groups excluding carboxylic acids is 5. The molecule has 5 aliphatic heterocycles. The molecule has 0 saturated carbocycles. The Morgan fingerprint density at radius 2 is 0.672 bits per heavy atom. The number of halogens is 10. The quantitative estimate of drug-likeness (QED) is 0.129. The molecule has 7 amide bonds. The van der Waals surface area contributed by atoms with Gasteiger partial charge in [-0.05, 0) is 194 Å². The van der Waals surface area contributed by atoms with Gasteiger partial charge in [-0.2, -0.15) is 0 Å². The van der Waals surface area contributed by atoms with Crippen molar-refractivity contribution in [2.24, 2.45) is 0 Å². The van der Waals surface area contributed by atoms with Crippen molar-refractivity contribution in [3.05, 3.63) is 271 Å². The summed E-state index contributed by atoms with van der Waals surface area (Å²) in [6.45, 7) is 4.44. The fraction of sp³-hybridized carbons (Fsp3) is 0.286.